The molecule has 0 saturated carbocycles. The summed E-state index contributed by atoms with van der Waals surface area (Å²) < 4.78 is 0. The van der Waals surface area contributed by atoms with Gasteiger partial charge in [0.2, 0.25) is 0 Å². The van der Waals surface area contributed by atoms with Gasteiger partial charge in [-0.3, -0.25) is 4.79 Å². The van der Waals surface area contributed by atoms with Crippen molar-refractivity contribution < 1.29 is 4.79 Å². The average Bonchev–Trinajstić information content (AvgIpc) is 2.41. The third kappa shape index (κ3) is 3.33. The van der Waals surface area contributed by atoms with Gasteiger partial charge < -0.3 is 10.6 Å². The maximum atomic E-state index is 12.7. The van der Waals surface area contributed by atoms with E-state index in [0.717, 1.165) is 37.1 Å². The minimum absolute atomic E-state index is 0. The van der Waals surface area contributed by atoms with E-state index in [1.54, 1.807) is 0 Å². The van der Waals surface area contributed by atoms with Crippen molar-refractivity contribution in [1.82, 2.24) is 4.90 Å². The number of piperidine rings is 1. The van der Waals surface area contributed by atoms with Crippen LogP contribution in [-0.4, -0.2) is 29.9 Å². The van der Waals surface area contributed by atoms with Crippen LogP contribution in [0, 0.1) is 5.41 Å². The van der Waals surface area contributed by atoms with Gasteiger partial charge >= 0.3 is 0 Å². The van der Waals surface area contributed by atoms with E-state index in [-0.39, 0.29) is 29.8 Å². The van der Waals surface area contributed by atoms with Crippen molar-refractivity contribution in [2.45, 2.75) is 39.7 Å². The van der Waals surface area contributed by atoms with Crippen LogP contribution in [0.5, 0.6) is 0 Å². The second-order valence-electron chi connectivity index (χ2n) is 6.12. The second kappa shape index (κ2) is 6.59. The number of nitrogens with zero attached hydrogens (tertiary/aromatic N) is 1. The summed E-state index contributed by atoms with van der Waals surface area (Å²) in [6, 6.07) is 8.08. The Hall–Kier alpha value is -1.06. The van der Waals surface area contributed by atoms with E-state index in [1.165, 1.54) is 0 Å². The van der Waals surface area contributed by atoms with Crippen molar-refractivity contribution in [3.8, 4) is 0 Å². The minimum atomic E-state index is -0.00489. The number of benzene rings is 1. The summed E-state index contributed by atoms with van der Waals surface area (Å²) in [5.74, 6) is 0.150. The second-order valence-corrected chi connectivity index (χ2v) is 6.12. The first-order valence-corrected chi connectivity index (χ1v) is 7.08. The van der Waals surface area contributed by atoms with Crippen LogP contribution >= 0.6 is 12.4 Å². The van der Waals surface area contributed by atoms with Crippen molar-refractivity contribution in [1.29, 1.82) is 0 Å². The molecular formula is C16H25ClN2O. The lowest BCUT2D eigenvalue weighted by atomic mass is 9.79. The van der Waals surface area contributed by atoms with Crippen LogP contribution in [-0.2, 0) is 6.42 Å². The molecule has 0 aromatic heterocycles. The molecule has 2 N–H and O–H groups in total. The summed E-state index contributed by atoms with van der Waals surface area (Å²) >= 11 is 0. The summed E-state index contributed by atoms with van der Waals surface area (Å²) in [5, 5.41) is 0. The standard InChI is InChI=1S/C16H24N2O.ClH/c1-4-12-7-5-6-8-13(12)15(19)18-10-9-14(17)16(2,3)11-18;/h5-8,14H,4,9-11,17H2,1-3H3;1H. The molecule has 1 unspecified atom stereocenters. The number of halogens is 1. The predicted molar refractivity (Wildman–Crippen MR) is 85.3 cm³/mol. The van der Waals surface area contributed by atoms with Crippen LogP contribution < -0.4 is 5.73 Å². The first-order chi connectivity index (χ1) is 8.95. The Balaban J connectivity index is 0.00000200. The van der Waals surface area contributed by atoms with Crippen LogP contribution in [0.1, 0.15) is 43.1 Å². The molecule has 0 radical (unpaired) electrons. The lowest BCUT2D eigenvalue weighted by Crippen LogP contribution is -2.54. The minimum Gasteiger partial charge on any atom is -0.338 e. The molecule has 1 amide bonds. The first-order valence-electron chi connectivity index (χ1n) is 7.08. The summed E-state index contributed by atoms with van der Waals surface area (Å²) in [6.07, 6.45) is 1.77. The van der Waals surface area contributed by atoms with Gasteiger partial charge in [-0.2, -0.15) is 0 Å². The summed E-state index contributed by atoms with van der Waals surface area (Å²) in [4.78, 5) is 14.6. The van der Waals surface area contributed by atoms with Gasteiger partial charge in [-0.05, 0) is 29.9 Å². The lowest BCUT2D eigenvalue weighted by Gasteiger charge is -2.42. The third-order valence-corrected chi connectivity index (χ3v) is 4.23. The van der Waals surface area contributed by atoms with E-state index in [1.807, 2.05) is 29.2 Å². The number of nitrogens with two attached hydrogens (primary N) is 1. The summed E-state index contributed by atoms with van der Waals surface area (Å²) in [7, 11) is 0. The van der Waals surface area contributed by atoms with E-state index in [2.05, 4.69) is 20.8 Å². The average molecular weight is 297 g/mol. The van der Waals surface area contributed by atoms with Gasteiger partial charge in [-0.25, -0.2) is 0 Å². The highest BCUT2D eigenvalue weighted by Gasteiger charge is 2.35. The Kier molecular flexibility index (Phi) is 5.60. The number of hydrogen-bond donors (Lipinski definition) is 1. The zero-order valence-electron chi connectivity index (χ0n) is 12.6. The Morgan fingerprint density at radius 3 is 2.65 bits per heavy atom. The van der Waals surface area contributed by atoms with E-state index in [0.29, 0.717) is 0 Å². The Morgan fingerprint density at radius 2 is 2.05 bits per heavy atom. The largest absolute Gasteiger partial charge is 0.338 e. The monoisotopic (exact) mass is 296 g/mol. The highest BCUT2D eigenvalue weighted by atomic mass is 35.5. The fourth-order valence-corrected chi connectivity index (χ4v) is 2.75. The molecule has 1 aliphatic rings. The Bertz CT molecular complexity index is 473. The van der Waals surface area contributed by atoms with Gasteiger partial charge in [0.1, 0.15) is 0 Å². The number of likely N-dealkylation sites (tertiary alicyclic amines) is 1. The SMILES string of the molecule is CCc1ccccc1C(=O)N1CCC(N)C(C)(C)C1.Cl. The summed E-state index contributed by atoms with van der Waals surface area (Å²) in [6.45, 7) is 7.88. The molecule has 1 fully saturated rings. The molecule has 1 heterocycles. The zero-order valence-corrected chi connectivity index (χ0v) is 13.4. The van der Waals surface area contributed by atoms with Gasteiger partial charge in [-0.15, -0.1) is 12.4 Å². The van der Waals surface area contributed by atoms with Gasteiger partial charge in [0.05, 0.1) is 0 Å². The predicted octanol–water partition coefficient (Wildman–Crippen LogP) is 2.87. The number of aryl methyl sites for hydroxylation is 1. The third-order valence-electron chi connectivity index (χ3n) is 4.23. The van der Waals surface area contributed by atoms with Gasteiger partial charge in [0.25, 0.3) is 5.91 Å². The van der Waals surface area contributed by atoms with Crippen LogP contribution in [0.4, 0.5) is 0 Å². The van der Waals surface area contributed by atoms with Crippen molar-refractivity contribution in [2.24, 2.45) is 11.1 Å². The van der Waals surface area contributed by atoms with Crippen LogP contribution in [0.15, 0.2) is 24.3 Å². The van der Waals surface area contributed by atoms with Crippen molar-refractivity contribution in [2.75, 3.05) is 13.1 Å². The number of carbonyl (C=O) groups excluding carboxylic acids is 1. The van der Waals surface area contributed by atoms with Crippen LogP contribution in [0.2, 0.25) is 0 Å². The molecule has 20 heavy (non-hydrogen) atoms. The Labute approximate surface area is 127 Å². The number of rotatable bonds is 2. The highest BCUT2D eigenvalue weighted by molar-refractivity contribution is 5.95. The molecule has 1 aromatic carbocycles. The summed E-state index contributed by atoms with van der Waals surface area (Å²) in [5.41, 5.74) is 8.10. The van der Waals surface area contributed by atoms with Gasteiger partial charge in [0.15, 0.2) is 0 Å². The topological polar surface area (TPSA) is 46.3 Å². The quantitative estimate of drug-likeness (QED) is 0.912. The maximum Gasteiger partial charge on any atom is 0.254 e. The van der Waals surface area contributed by atoms with E-state index < -0.39 is 0 Å². The smallest absolute Gasteiger partial charge is 0.254 e. The normalized spacial score (nSPS) is 21.2. The van der Waals surface area contributed by atoms with Gasteiger partial charge in [-0.1, -0.05) is 39.0 Å². The molecule has 1 atom stereocenters. The molecule has 2 rings (SSSR count). The lowest BCUT2D eigenvalue weighted by molar-refractivity contribution is 0.0532. The van der Waals surface area contributed by atoms with Crippen molar-refractivity contribution in [3.05, 3.63) is 35.4 Å². The molecule has 0 spiro atoms. The van der Waals surface area contributed by atoms with E-state index >= 15 is 0 Å². The fraction of sp³-hybridized carbons (Fsp3) is 0.562. The van der Waals surface area contributed by atoms with E-state index in [4.69, 9.17) is 5.73 Å². The van der Waals surface area contributed by atoms with Gasteiger partial charge in [0, 0.05) is 24.7 Å². The van der Waals surface area contributed by atoms with Crippen LogP contribution in [0.3, 0.4) is 0 Å². The molecule has 1 saturated heterocycles. The molecule has 0 bridgehead atoms. The Morgan fingerprint density at radius 1 is 1.40 bits per heavy atom. The molecule has 1 aliphatic heterocycles. The molecular weight excluding hydrogens is 272 g/mol. The van der Waals surface area contributed by atoms with Crippen molar-refractivity contribution in [3.63, 3.8) is 0 Å². The fourth-order valence-electron chi connectivity index (χ4n) is 2.75. The van der Waals surface area contributed by atoms with Crippen LogP contribution in [0.25, 0.3) is 0 Å². The zero-order chi connectivity index (χ0) is 14.0. The highest BCUT2D eigenvalue weighted by Crippen LogP contribution is 2.29. The number of hydrogen-bond acceptors (Lipinski definition) is 2. The molecule has 0 aliphatic carbocycles. The molecule has 112 valence electrons. The number of amides is 1. The molecule has 1 aromatic rings. The first kappa shape index (κ1) is 17.0. The molecule has 4 heteroatoms. The molecule has 3 nitrogen and oxygen atoms in total. The number of carbonyl (C=O) groups is 1. The van der Waals surface area contributed by atoms with E-state index in [9.17, 15) is 4.79 Å². The van der Waals surface area contributed by atoms with Crippen molar-refractivity contribution >= 4 is 18.3 Å². The maximum absolute atomic E-state index is 12.7.